The lowest BCUT2D eigenvalue weighted by Crippen LogP contribution is -2.40. The van der Waals surface area contributed by atoms with E-state index in [-0.39, 0.29) is 64.9 Å². The van der Waals surface area contributed by atoms with Gasteiger partial charge in [0, 0.05) is 17.9 Å². The van der Waals surface area contributed by atoms with Crippen LogP contribution in [0.3, 0.4) is 0 Å². The van der Waals surface area contributed by atoms with Crippen LogP contribution in [0.15, 0.2) is 47.6 Å². The highest BCUT2D eigenvalue weighted by Gasteiger charge is 2.39. The van der Waals surface area contributed by atoms with Gasteiger partial charge in [0.2, 0.25) is 0 Å². The van der Waals surface area contributed by atoms with Gasteiger partial charge in [-0.25, -0.2) is 43.9 Å². The Kier molecular flexibility index (Phi) is 30.9. The second kappa shape index (κ2) is 37.4. The first-order chi connectivity index (χ1) is 41.4. The van der Waals surface area contributed by atoms with Crippen molar-refractivity contribution < 1.29 is 58.9 Å². The lowest BCUT2D eigenvalue weighted by atomic mass is 9.67. The fraction of sp³-hybridized carbons (Fsp3) is 0.875. The Balaban J connectivity index is 0.000000155. The molecule has 494 valence electrons. The molecule has 1 saturated heterocycles. The Hall–Kier alpha value is -2.19. The van der Waals surface area contributed by atoms with Gasteiger partial charge in [-0.15, -0.1) is 0 Å². The van der Waals surface area contributed by atoms with Crippen LogP contribution in [-0.2, 0) is 4.79 Å². The molecule has 4 nitrogen and oxygen atoms in total. The van der Waals surface area contributed by atoms with Gasteiger partial charge in [-0.1, -0.05) is 37.6 Å². The Bertz CT molecular complexity index is 1850. The van der Waals surface area contributed by atoms with E-state index in [1.807, 2.05) is 0 Å². The van der Waals surface area contributed by atoms with Crippen molar-refractivity contribution in [2.45, 2.75) is 319 Å². The molecule has 1 aliphatic heterocycles. The molecule has 0 amide bonds. The summed E-state index contributed by atoms with van der Waals surface area (Å²) in [4.78, 5) is 12.1. The van der Waals surface area contributed by atoms with Gasteiger partial charge in [0.1, 0.15) is 42.8 Å². The number of alkyl halides is 6. The summed E-state index contributed by atoms with van der Waals surface area (Å²) in [5.41, 5.74) is 0. The average Bonchev–Trinajstić information content (AvgIpc) is 3.73. The number of aliphatic hydroxyl groups excluding tert-OH is 2. The van der Waals surface area contributed by atoms with Gasteiger partial charge in [0.25, 0.3) is 0 Å². The maximum absolute atomic E-state index is 13.5. The Labute approximate surface area is 512 Å². The summed E-state index contributed by atoms with van der Waals surface area (Å²) in [6, 6.07) is 0.657. The monoisotopic (exact) mass is 1230 g/mol. The van der Waals surface area contributed by atoms with Crippen molar-refractivity contribution in [1.82, 2.24) is 5.32 Å². The first kappa shape index (κ1) is 71.3. The first-order valence-corrected chi connectivity index (χ1v) is 35.2. The van der Waals surface area contributed by atoms with Gasteiger partial charge in [-0.2, -0.15) is 0 Å². The zero-order valence-corrected chi connectivity index (χ0v) is 52.5. The van der Waals surface area contributed by atoms with Crippen LogP contribution in [-0.4, -0.2) is 77.8 Å². The van der Waals surface area contributed by atoms with E-state index in [1.165, 1.54) is 25.7 Å². The number of rotatable bonds is 12. The molecular weight excluding hydrogens is 1120 g/mol. The molecule has 6 saturated carbocycles. The van der Waals surface area contributed by atoms with Crippen molar-refractivity contribution in [3.63, 3.8) is 0 Å². The number of piperidine rings is 1. The van der Waals surface area contributed by atoms with Crippen molar-refractivity contribution in [2.75, 3.05) is 6.54 Å². The number of carbonyl (C=O) groups is 1. The summed E-state index contributed by atoms with van der Waals surface area (Å²) in [7, 11) is 0. The zero-order valence-electron chi connectivity index (χ0n) is 52.5. The van der Waals surface area contributed by atoms with Crippen LogP contribution in [0, 0.1) is 71.0 Å². The molecule has 0 bridgehead atoms. The number of halogens is 10. The summed E-state index contributed by atoms with van der Waals surface area (Å²) < 4.78 is 130. The minimum absolute atomic E-state index is 0.0537. The van der Waals surface area contributed by atoms with Gasteiger partial charge in [0.15, 0.2) is 0 Å². The number of hydrogen-bond donors (Lipinski definition) is 3. The normalized spacial score (nSPS) is 38.5. The minimum atomic E-state index is -0.703. The Morgan fingerprint density at radius 1 is 0.395 bits per heavy atom. The van der Waals surface area contributed by atoms with Crippen molar-refractivity contribution in [1.29, 1.82) is 0 Å². The molecule has 0 aromatic rings. The third-order valence-corrected chi connectivity index (χ3v) is 23.1. The van der Waals surface area contributed by atoms with Gasteiger partial charge in [0.05, 0.1) is 35.5 Å². The quantitative estimate of drug-likeness (QED) is 0.170. The third kappa shape index (κ3) is 23.8. The van der Waals surface area contributed by atoms with Crippen LogP contribution in [0.1, 0.15) is 264 Å². The van der Waals surface area contributed by atoms with E-state index in [1.54, 1.807) is 24.3 Å². The molecule has 5 unspecified atom stereocenters. The molecule has 5 atom stereocenters. The molecule has 0 radical (unpaired) electrons. The lowest BCUT2D eigenvalue weighted by Gasteiger charge is -2.41. The molecule has 10 aliphatic carbocycles. The third-order valence-electron chi connectivity index (χ3n) is 23.1. The average molecular weight is 1230 g/mol. The number of carbonyl (C=O) groups excluding carboxylic acids is 1. The molecule has 1 heterocycles. The van der Waals surface area contributed by atoms with Crippen LogP contribution in [0.5, 0.6) is 0 Å². The number of ketones is 1. The van der Waals surface area contributed by atoms with Crippen LogP contribution in [0.2, 0.25) is 0 Å². The second-order valence-corrected chi connectivity index (χ2v) is 29.0. The number of hydrogen-bond acceptors (Lipinski definition) is 4. The lowest BCUT2D eigenvalue weighted by molar-refractivity contribution is -0.129. The van der Waals surface area contributed by atoms with Crippen LogP contribution in [0.25, 0.3) is 0 Å². The SMILES string of the molecule is CC(C1CC=C(F)CC1)C1CC=C(F)CC1.FC1CCC(C(CC2CCCCN2)C2CCC(F)CC2)CC1.O=C(C1CCC(F)CC1)C1CCC(F)CC1.OC(C1CC=C(F)CC1)C1CC=C(F)CC1.OC(C1CCC(F)CC1)C1CCC(F)CC1. The number of nitrogens with one attached hydrogen (secondary N) is 1. The van der Waals surface area contributed by atoms with Crippen molar-refractivity contribution >= 4 is 5.78 Å². The molecule has 14 heteroatoms. The van der Waals surface area contributed by atoms with Gasteiger partial charge in [-0.05, 0) is 316 Å². The Morgan fingerprint density at radius 3 is 0.977 bits per heavy atom. The molecule has 7 fully saturated rings. The highest BCUT2D eigenvalue weighted by Crippen LogP contribution is 2.45. The van der Waals surface area contributed by atoms with E-state index < -0.39 is 43.1 Å². The maximum atomic E-state index is 13.5. The van der Waals surface area contributed by atoms with E-state index in [0.717, 1.165) is 109 Å². The fourth-order valence-electron chi connectivity index (χ4n) is 17.1. The van der Waals surface area contributed by atoms with Crippen molar-refractivity contribution in [2.24, 2.45) is 71.0 Å². The Morgan fingerprint density at radius 2 is 0.686 bits per heavy atom. The number of aliphatic hydroxyl groups is 2. The fourth-order valence-corrected chi connectivity index (χ4v) is 17.1. The minimum Gasteiger partial charge on any atom is -0.393 e. The van der Waals surface area contributed by atoms with Crippen molar-refractivity contribution in [3.05, 3.63) is 47.6 Å². The summed E-state index contributed by atoms with van der Waals surface area (Å²) in [5, 5.41) is 24.1. The summed E-state index contributed by atoms with van der Waals surface area (Å²) in [6.45, 7) is 3.41. The van der Waals surface area contributed by atoms with Crippen molar-refractivity contribution in [3.8, 4) is 0 Å². The molecule has 11 rings (SSSR count). The summed E-state index contributed by atoms with van der Waals surface area (Å²) >= 11 is 0. The molecule has 11 aliphatic rings. The summed E-state index contributed by atoms with van der Waals surface area (Å²) in [5.74, 6) is 5.10. The van der Waals surface area contributed by atoms with E-state index in [2.05, 4.69) is 12.2 Å². The van der Waals surface area contributed by atoms with Crippen LogP contribution >= 0.6 is 0 Å². The zero-order chi connectivity index (χ0) is 61.5. The highest BCUT2D eigenvalue weighted by atomic mass is 19.2. The second-order valence-electron chi connectivity index (χ2n) is 29.0. The predicted molar refractivity (Wildman–Crippen MR) is 327 cm³/mol. The number of Topliss-reactive ketones (excluding diaryl/α,β-unsaturated/α-hetero) is 1. The van der Waals surface area contributed by atoms with E-state index in [4.69, 9.17) is 0 Å². The molecule has 3 N–H and O–H groups in total. The van der Waals surface area contributed by atoms with Crippen LogP contribution in [0.4, 0.5) is 43.9 Å². The first-order valence-electron chi connectivity index (χ1n) is 35.2. The largest absolute Gasteiger partial charge is 0.393 e. The number of allylic oxidation sites excluding steroid dienone is 8. The van der Waals surface area contributed by atoms with Gasteiger partial charge < -0.3 is 15.5 Å². The van der Waals surface area contributed by atoms with E-state index in [0.29, 0.717) is 176 Å². The van der Waals surface area contributed by atoms with Crippen LogP contribution < -0.4 is 5.32 Å². The van der Waals surface area contributed by atoms with E-state index in [9.17, 15) is 58.9 Å². The molecule has 0 spiro atoms. The topological polar surface area (TPSA) is 69.6 Å². The van der Waals surface area contributed by atoms with Gasteiger partial charge >= 0.3 is 0 Å². The molecular formula is C72H113F10NO3. The summed E-state index contributed by atoms with van der Waals surface area (Å²) in [6.07, 6.45) is 33.6. The molecule has 86 heavy (non-hydrogen) atoms. The van der Waals surface area contributed by atoms with E-state index >= 15 is 0 Å². The smallest absolute Gasteiger partial charge is 0.139 e. The molecule has 0 aromatic carbocycles. The van der Waals surface area contributed by atoms with Gasteiger partial charge in [-0.3, -0.25) is 4.79 Å². The molecule has 0 aromatic heterocycles. The predicted octanol–water partition coefficient (Wildman–Crippen LogP) is 20.8. The standard InChI is InChI=1S/C19H33F2N.C14H20F2.C13H22F2O.C13H20F2O.C13H18F2O/c20-16-8-4-14(5-9-16)19(13-18-3-1-2-12-22-18)15-6-10-17(21)11-7-15;1-10(11-2-6-13(15)7-3-11)12-4-8-14(16)9-5-12;3*14-11-5-1-9(2-6-11)13(16)10-3-7-12(15)8-4-10/h14-19,22H,1-13H2;6,8,10-12H,2-5,7,9H2,1H3;9-13,16H,1-8H2;9-12H,1-8H2;5,7,9-10,13,16H,1-4,6,8H2. The highest BCUT2D eigenvalue weighted by molar-refractivity contribution is 5.83. The maximum Gasteiger partial charge on any atom is 0.139 e.